The predicted molar refractivity (Wildman–Crippen MR) is 220 cm³/mol. The molecular formula is C36H31BrF4N14O10. The van der Waals surface area contributed by atoms with Crippen LogP contribution in [-0.4, -0.2) is 59.7 Å². The summed E-state index contributed by atoms with van der Waals surface area (Å²) in [6, 6.07) is 8.51. The van der Waals surface area contributed by atoms with Gasteiger partial charge in [0.1, 0.15) is 0 Å². The smallest absolute Gasteiger partial charge is 0.368 e. The van der Waals surface area contributed by atoms with Gasteiger partial charge in [0.15, 0.2) is 0 Å². The first-order valence-electron chi connectivity index (χ1n) is 18.8. The van der Waals surface area contributed by atoms with E-state index in [4.69, 9.17) is 11.5 Å². The second kappa shape index (κ2) is 18.8. The summed E-state index contributed by atoms with van der Waals surface area (Å²) in [4.78, 5) is 62.3. The van der Waals surface area contributed by atoms with Crippen LogP contribution in [0.4, 0.5) is 51.7 Å². The molecule has 3 aliphatic rings. The van der Waals surface area contributed by atoms with E-state index in [0.29, 0.717) is 32.8 Å². The highest BCUT2D eigenvalue weighted by atomic mass is 79.9. The maximum absolute atomic E-state index is 13.7. The van der Waals surface area contributed by atoms with Gasteiger partial charge in [-0.15, -0.1) is 0 Å². The first-order valence-corrected chi connectivity index (χ1v) is 19.6. The normalized spacial score (nSPS) is 13.9. The van der Waals surface area contributed by atoms with Crippen molar-refractivity contribution >= 4 is 50.1 Å². The average Bonchev–Trinajstić information content (AvgIpc) is 4.13. The lowest BCUT2D eigenvalue weighted by molar-refractivity contribution is -0.387. The van der Waals surface area contributed by atoms with Crippen molar-refractivity contribution < 1.29 is 37.3 Å². The van der Waals surface area contributed by atoms with E-state index in [-0.39, 0.29) is 28.9 Å². The molecular weight excluding hydrogens is 944 g/mol. The van der Waals surface area contributed by atoms with E-state index in [1.165, 1.54) is 13.1 Å². The van der Waals surface area contributed by atoms with Crippen molar-refractivity contribution in [1.82, 2.24) is 40.0 Å². The Morgan fingerprint density at radius 3 is 1.35 bits per heavy atom. The number of hydrogen-bond donors (Lipinski definition) is 3. The molecule has 0 radical (unpaired) electrons. The van der Waals surface area contributed by atoms with Crippen molar-refractivity contribution in [2.45, 2.75) is 56.3 Å². The number of nitrogen functional groups attached to an aromatic ring is 2. The molecule has 0 atom stereocenters. The quantitative estimate of drug-likeness (QED) is 0.0643. The zero-order chi connectivity index (χ0) is 47.6. The molecule has 2 aromatic heterocycles. The Morgan fingerprint density at radius 2 is 0.969 bits per heavy atom. The summed E-state index contributed by atoms with van der Waals surface area (Å²) in [7, 11) is 1.42. The van der Waals surface area contributed by atoms with Crippen LogP contribution >= 0.6 is 15.9 Å². The Morgan fingerprint density at radius 1 is 0.585 bits per heavy atom. The van der Waals surface area contributed by atoms with Gasteiger partial charge in [-0.25, -0.2) is 14.7 Å². The number of aromatic amines is 1. The number of anilines is 2. The van der Waals surface area contributed by atoms with E-state index in [1.54, 1.807) is 0 Å². The molecule has 3 fully saturated rings. The predicted octanol–water partition coefficient (Wildman–Crippen LogP) is 6.04. The SMILES string of the molecule is Cn1nnn(-c2cc([N+](=O)[O-])c(F)cc2C2CC2)c1=O.Nc1cc([N+](=O)[O-])c(F)cc1Br.Nc1cc([N+](=O)[O-])c(F)cc1C1CC1.O=c1[nH]nnn1-c1cc([N+](=O)[O-])c(F)cc1C1CC1. The number of nitrogens with two attached hydrogens (primary N) is 2. The maximum atomic E-state index is 13.7. The van der Waals surface area contributed by atoms with E-state index < -0.39 is 77.1 Å². The molecule has 6 aromatic rings. The van der Waals surface area contributed by atoms with Crippen LogP contribution in [-0.2, 0) is 7.05 Å². The Hall–Kier alpha value is -7.98. The number of rotatable bonds is 9. The van der Waals surface area contributed by atoms with Gasteiger partial charge in [0.25, 0.3) is 0 Å². The van der Waals surface area contributed by atoms with Gasteiger partial charge >= 0.3 is 34.1 Å². The fraction of sp³-hybridized carbons (Fsp3) is 0.278. The third-order valence-corrected chi connectivity index (χ3v) is 10.6. The number of nitro benzene ring substituents is 4. The molecule has 0 aliphatic heterocycles. The molecule has 2 heterocycles. The van der Waals surface area contributed by atoms with Crippen LogP contribution in [0.1, 0.15) is 73.0 Å². The van der Waals surface area contributed by atoms with E-state index >= 15 is 0 Å². The van der Waals surface area contributed by atoms with Crippen molar-refractivity contribution in [2.24, 2.45) is 7.05 Å². The molecule has 5 N–H and O–H groups in total. The molecule has 4 aromatic carbocycles. The van der Waals surface area contributed by atoms with Crippen molar-refractivity contribution in [1.29, 1.82) is 0 Å². The van der Waals surface area contributed by atoms with E-state index in [2.05, 4.69) is 41.9 Å². The number of aromatic nitrogens is 8. The maximum Gasteiger partial charge on any atom is 0.368 e. The van der Waals surface area contributed by atoms with Gasteiger partial charge in [0.05, 0.1) is 36.8 Å². The largest absolute Gasteiger partial charge is 0.398 e. The zero-order valence-corrected chi connectivity index (χ0v) is 34.7. The van der Waals surface area contributed by atoms with Gasteiger partial charge in [-0.2, -0.15) is 31.6 Å². The fourth-order valence-corrected chi connectivity index (χ4v) is 6.53. The summed E-state index contributed by atoms with van der Waals surface area (Å²) in [5.41, 5.74) is 9.90. The molecule has 9 rings (SSSR count). The molecule has 29 heteroatoms. The van der Waals surface area contributed by atoms with Crippen LogP contribution in [0.3, 0.4) is 0 Å². The Labute approximate surface area is 367 Å². The van der Waals surface area contributed by atoms with Crippen LogP contribution in [0.15, 0.2) is 62.6 Å². The minimum Gasteiger partial charge on any atom is -0.398 e. The second-order valence-corrected chi connectivity index (χ2v) is 15.4. The number of hydrogen-bond acceptors (Lipinski definition) is 16. The van der Waals surface area contributed by atoms with Gasteiger partial charge in [-0.1, -0.05) is 0 Å². The number of benzene rings is 4. The monoisotopic (exact) mass is 974 g/mol. The molecule has 0 spiro atoms. The van der Waals surface area contributed by atoms with E-state index in [1.807, 2.05) is 0 Å². The summed E-state index contributed by atoms with van der Waals surface area (Å²) in [6.45, 7) is 0. The first-order chi connectivity index (χ1) is 30.7. The summed E-state index contributed by atoms with van der Waals surface area (Å²) in [5, 5.41) is 58.3. The fourth-order valence-electron chi connectivity index (χ4n) is 6.22. The second-order valence-electron chi connectivity index (χ2n) is 14.5. The summed E-state index contributed by atoms with van der Waals surface area (Å²) in [6.07, 6.45) is 5.41. The van der Waals surface area contributed by atoms with Gasteiger partial charge in [0, 0.05) is 41.5 Å². The Kier molecular flexibility index (Phi) is 13.4. The first kappa shape index (κ1) is 46.5. The summed E-state index contributed by atoms with van der Waals surface area (Å²) in [5.74, 6) is -3.01. The Balaban J connectivity index is 0.000000147. The lowest BCUT2D eigenvalue weighted by Gasteiger charge is -2.07. The number of nitrogens with zero attached hydrogens (tertiary/aromatic N) is 11. The van der Waals surface area contributed by atoms with Gasteiger partial charge in [-0.3, -0.25) is 40.5 Å². The highest BCUT2D eigenvalue weighted by Crippen LogP contribution is 2.46. The third-order valence-electron chi connectivity index (χ3n) is 9.90. The van der Waals surface area contributed by atoms with Crippen LogP contribution in [0.25, 0.3) is 11.4 Å². The Bertz CT molecular complexity index is 3000. The third kappa shape index (κ3) is 10.6. The van der Waals surface area contributed by atoms with Crippen molar-refractivity contribution in [3.05, 3.63) is 154 Å². The molecule has 0 bridgehead atoms. The molecule has 0 unspecified atom stereocenters. The lowest BCUT2D eigenvalue weighted by Crippen LogP contribution is -2.23. The summed E-state index contributed by atoms with van der Waals surface area (Å²) < 4.78 is 56.5. The van der Waals surface area contributed by atoms with Crippen molar-refractivity contribution in [3.63, 3.8) is 0 Å². The zero-order valence-electron chi connectivity index (χ0n) is 33.1. The number of nitrogens with one attached hydrogen (secondary N) is 1. The molecule has 3 saturated carbocycles. The topological polar surface area (TPSA) is 341 Å². The van der Waals surface area contributed by atoms with Crippen LogP contribution in [0.5, 0.6) is 0 Å². The van der Waals surface area contributed by atoms with Gasteiger partial charge < -0.3 is 11.5 Å². The van der Waals surface area contributed by atoms with Gasteiger partial charge in [0.2, 0.25) is 23.3 Å². The number of halogens is 5. The number of tetrazole rings is 2. The molecule has 0 saturated heterocycles. The summed E-state index contributed by atoms with van der Waals surface area (Å²) >= 11 is 2.94. The molecule has 3 aliphatic carbocycles. The molecule has 340 valence electrons. The van der Waals surface area contributed by atoms with E-state index in [9.17, 15) is 67.6 Å². The van der Waals surface area contributed by atoms with Crippen LogP contribution in [0.2, 0.25) is 0 Å². The lowest BCUT2D eigenvalue weighted by atomic mass is 10.1. The minimum atomic E-state index is -0.910. The highest BCUT2D eigenvalue weighted by Gasteiger charge is 2.33. The van der Waals surface area contributed by atoms with Crippen molar-refractivity contribution in [3.8, 4) is 11.4 Å². The minimum absolute atomic E-state index is 0.105. The number of H-pyrrole nitrogens is 1. The molecule has 65 heavy (non-hydrogen) atoms. The highest BCUT2D eigenvalue weighted by molar-refractivity contribution is 9.10. The van der Waals surface area contributed by atoms with Gasteiger partial charge in [-0.05, 0) is 134 Å². The van der Waals surface area contributed by atoms with Crippen molar-refractivity contribution in [2.75, 3.05) is 11.5 Å². The standard InChI is InChI=1S/C11H10FN5O3.C10H8FN5O3.C9H9FN2O2.C6H4BrFN2O2/c1-15-11(18)16(14-13-15)9-5-10(17(19)20)8(12)4-7(9)6-2-3-6;11-7-3-6(5-1-2-5)8(4-9(7)16(18)19)15-10(17)12-13-14-15;10-7-3-6(5-1-2-5)8(11)4-9(7)12(13)14;7-3-1-4(8)6(10(11)12)2-5(3)9/h4-6H,2-3H2,1H3;3-5H,1-2H2,(H,12,14,17);3-5H,1-2,11H2;1-2H,9H2. The molecule has 0 amide bonds. The van der Waals surface area contributed by atoms with E-state index in [0.717, 1.165) is 95.0 Å². The average molecular weight is 976 g/mol. The van der Waals surface area contributed by atoms with Crippen LogP contribution < -0.4 is 22.8 Å². The number of aryl methyl sites for hydroxylation is 1. The van der Waals surface area contributed by atoms with Crippen LogP contribution in [0, 0.1) is 63.7 Å². The molecule has 24 nitrogen and oxygen atoms in total. The number of nitro groups is 4.